The molecular formula is C16H18O3S. The Morgan fingerprint density at radius 1 is 1.00 bits per heavy atom. The average molecular weight is 290 g/mol. The summed E-state index contributed by atoms with van der Waals surface area (Å²) < 4.78 is 10.9. The lowest BCUT2D eigenvalue weighted by molar-refractivity contribution is 0.282. The van der Waals surface area contributed by atoms with Crippen LogP contribution in [0.2, 0.25) is 0 Å². The van der Waals surface area contributed by atoms with E-state index in [-0.39, 0.29) is 6.61 Å². The lowest BCUT2D eigenvalue weighted by Gasteiger charge is -2.10. The molecule has 0 aliphatic heterocycles. The highest BCUT2D eigenvalue weighted by atomic mass is 32.2. The van der Waals surface area contributed by atoms with E-state index in [2.05, 4.69) is 0 Å². The molecule has 2 rings (SSSR count). The minimum absolute atomic E-state index is 0.0852. The van der Waals surface area contributed by atoms with Crippen molar-refractivity contribution in [2.24, 2.45) is 0 Å². The Balaban J connectivity index is 1.78. The van der Waals surface area contributed by atoms with Crippen LogP contribution in [0.25, 0.3) is 0 Å². The second kappa shape index (κ2) is 7.82. The third-order valence-electron chi connectivity index (χ3n) is 2.78. The van der Waals surface area contributed by atoms with Gasteiger partial charge in [-0.1, -0.05) is 24.3 Å². The van der Waals surface area contributed by atoms with Gasteiger partial charge < -0.3 is 14.6 Å². The molecule has 20 heavy (non-hydrogen) atoms. The molecule has 0 spiro atoms. The first-order valence-electron chi connectivity index (χ1n) is 6.42. The fraction of sp³-hybridized carbons (Fsp3) is 0.250. The molecular weight excluding hydrogens is 272 g/mol. The van der Waals surface area contributed by atoms with Gasteiger partial charge in [0.25, 0.3) is 0 Å². The summed E-state index contributed by atoms with van der Waals surface area (Å²) in [6, 6.07) is 15.5. The highest BCUT2D eigenvalue weighted by molar-refractivity contribution is 7.99. The molecule has 0 aromatic heterocycles. The maximum absolute atomic E-state index is 8.98. The first-order valence-corrected chi connectivity index (χ1v) is 7.40. The monoisotopic (exact) mass is 290 g/mol. The zero-order valence-electron chi connectivity index (χ0n) is 11.4. The zero-order valence-corrected chi connectivity index (χ0v) is 12.2. The van der Waals surface area contributed by atoms with Gasteiger partial charge >= 0.3 is 0 Å². The average Bonchev–Trinajstić information content (AvgIpc) is 2.52. The number of thioether (sulfide) groups is 1. The number of aliphatic hydroxyl groups is 1. The minimum Gasteiger partial charge on any atom is -0.493 e. The molecule has 0 bridgehead atoms. The Bertz CT molecular complexity index is 526. The van der Waals surface area contributed by atoms with Gasteiger partial charge in [-0.2, -0.15) is 0 Å². The van der Waals surface area contributed by atoms with Crippen molar-refractivity contribution in [3.63, 3.8) is 0 Å². The molecule has 0 fully saturated rings. The maximum Gasteiger partial charge on any atom is 0.161 e. The van der Waals surface area contributed by atoms with Crippen LogP contribution >= 0.6 is 11.8 Å². The number of para-hydroxylation sites is 2. The Morgan fingerprint density at radius 2 is 1.70 bits per heavy atom. The molecule has 0 saturated heterocycles. The predicted molar refractivity (Wildman–Crippen MR) is 81.6 cm³/mol. The Morgan fingerprint density at radius 3 is 2.35 bits per heavy atom. The Kier molecular flexibility index (Phi) is 5.77. The summed E-state index contributed by atoms with van der Waals surface area (Å²) in [5.41, 5.74) is 0.930. The predicted octanol–water partition coefficient (Wildman–Crippen LogP) is 3.36. The Hall–Kier alpha value is -1.65. The number of benzene rings is 2. The van der Waals surface area contributed by atoms with Gasteiger partial charge in [0.1, 0.15) is 0 Å². The van der Waals surface area contributed by atoms with Crippen molar-refractivity contribution in [1.29, 1.82) is 0 Å². The Labute approximate surface area is 123 Å². The molecule has 0 unspecified atom stereocenters. The molecule has 2 aromatic rings. The van der Waals surface area contributed by atoms with Crippen LogP contribution in [0.4, 0.5) is 0 Å². The highest BCUT2D eigenvalue weighted by Crippen LogP contribution is 2.26. The van der Waals surface area contributed by atoms with Gasteiger partial charge in [0, 0.05) is 10.6 Å². The summed E-state index contributed by atoms with van der Waals surface area (Å²) in [6.45, 7) is 0.703. The molecule has 106 valence electrons. The van der Waals surface area contributed by atoms with Crippen molar-refractivity contribution >= 4 is 11.8 Å². The van der Waals surface area contributed by atoms with E-state index in [0.29, 0.717) is 6.61 Å². The molecule has 3 nitrogen and oxygen atoms in total. The molecule has 4 heteroatoms. The quantitative estimate of drug-likeness (QED) is 0.627. The van der Waals surface area contributed by atoms with E-state index in [1.165, 1.54) is 4.90 Å². The van der Waals surface area contributed by atoms with Crippen LogP contribution in [-0.2, 0) is 6.61 Å². The fourth-order valence-corrected chi connectivity index (χ4v) is 2.47. The number of hydrogen-bond acceptors (Lipinski definition) is 4. The third-order valence-corrected chi connectivity index (χ3v) is 3.76. The number of ether oxygens (including phenoxy) is 2. The van der Waals surface area contributed by atoms with Crippen molar-refractivity contribution in [3.05, 3.63) is 54.1 Å². The third kappa shape index (κ3) is 4.18. The largest absolute Gasteiger partial charge is 0.493 e. The van der Waals surface area contributed by atoms with Crippen molar-refractivity contribution in [2.45, 2.75) is 11.5 Å². The van der Waals surface area contributed by atoms with E-state index in [1.807, 2.05) is 48.5 Å². The molecule has 1 N–H and O–H groups in total. The van der Waals surface area contributed by atoms with Gasteiger partial charge in [0.2, 0.25) is 0 Å². The van der Waals surface area contributed by atoms with Gasteiger partial charge in [0.15, 0.2) is 11.5 Å². The maximum atomic E-state index is 8.98. The molecule has 0 aliphatic rings. The standard InChI is InChI=1S/C16H18O3S/c1-18-15-4-2-3-5-16(15)19-10-11-20-14-8-6-13(12-17)7-9-14/h2-9,17H,10-12H2,1H3. The summed E-state index contributed by atoms with van der Waals surface area (Å²) in [7, 11) is 1.64. The van der Waals surface area contributed by atoms with Crippen LogP contribution in [0, 0.1) is 0 Å². The van der Waals surface area contributed by atoms with E-state index in [4.69, 9.17) is 14.6 Å². The van der Waals surface area contributed by atoms with Crippen LogP contribution in [0.1, 0.15) is 5.56 Å². The molecule has 0 radical (unpaired) electrons. The van der Waals surface area contributed by atoms with Gasteiger partial charge in [-0.05, 0) is 29.8 Å². The van der Waals surface area contributed by atoms with Crippen LogP contribution in [-0.4, -0.2) is 24.6 Å². The van der Waals surface area contributed by atoms with Crippen LogP contribution in [0.15, 0.2) is 53.4 Å². The van der Waals surface area contributed by atoms with E-state index >= 15 is 0 Å². The molecule has 0 saturated carbocycles. The van der Waals surface area contributed by atoms with Gasteiger partial charge in [-0.3, -0.25) is 0 Å². The smallest absolute Gasteiger partial charge is 0.161 e. The van der Waals surface area contributed by atoms with Gasteiger partial charge in [-0.25, -0.2) is 0 Å². The van der Waals surface area contributed by atoms with Crippen LogP contribution in [0.5, 0.6) is 11.5 Å². The van der Waals surface area contributed by atoms with E-state index in [9.17, 15) is 0 Å². The van der Waals surface area contributed by atoms with Crippen LogP contribution < -0.4 is 9.47 Å². The summed E-state index contributed by atoms with van der Waals surface area (Å²) in [5, 5.41) is 8.98. The SMILES string of the molecule is COc1ccccc1OCCSc1ccc(CO)cc1. The van der Waals surface area contributed by atoms with Crippen molar-refractivity contribution in [3.8, 4) is 11.5 Å². The first-order chi connectivity index (χ1) is 9.83. The number of hydrogen-bond donors (Lipinski definition) is 1. The van der Waals surface area contributed by atoms with Crippen molar-refractivity contribution < 1.29 is 14.6 Å². The summed E-state index contributed by atoms with van der Waals surface area (Å²) in [6.07, 6.45) is 0. The van der Waals surface area contributed by atoms with Crippen molar-refractivity contribution in [2.75, 3.05) is 19.5 Å². The molecule has 0 aliphatic carbocycles. The first kappa shape index (κ1) is 14.8. The normalized spacial score (nSPS) is 10.3. The highest BCUT2D eigenvalue weighted by Gasteiger charge is 2.02. The molecule has 0 amide bonds. The van der Waals surface area contributed by atoms with E-state index < -0.39 is 0 Å². The fourth-order valence-electron chi connectivity index (χ4n) is 1.74. The molecule has 0 atom stereocenters. The second-order valence-corrected chi connectivity index (χ2v) is 5.32. The van der Waals surface area contributed by atoms with Crippen molar-refractivity contribution in [1.82, 2.24) is 0 Å². The lowest BCUT2D eigenvalue weighted by atomic mass is 10.2. The zero-order chi connectivity index (χ0) is 14.2. The molecule has 0 heterocycles. The number of methoxy groups -OCH3 is 1. The van der Waals surface area contributed by atoms with Crippen LogP contribution in [0.3, 0.4) is 0 Å². The van der Waals surface area contributed by atoms with Gasteiger partial charge in [-0.15, -0.1) is 11.8 Å². The number of aliphatic hydroxyl groups excluding tert-OH is 1. The topological polar surface area (TPSA) is 38.7 Å². The lowest BCUT2D eigenvalue weighted by Crippen LogP contribution is -2.01. The summed E-state index contributed by atoms with van der Waals surface area (Å²) >= 11 is 1.72. The van der Waals surface area contributed by atoms with E-state index in [0.717, 1.165) is 22.8 Å². The minimum atomic E-state index is 0.0852. The number of rotatable bonds is 7. The van der Waals surface area contributed by atoms with E-state index in [1.54, 1.807) is 18.9 Å². The second-order valence-electron chi connectivity index (χ2n) is 4.15. The summed E-state index contributed by atoms with van der Waals surface area (Å²) in [5.74, 6) is 2.38. The van der Waals surface area contributed by atoms with Gasteiger partial charge in [0.05, 0.1) is 20.3 Å². The summed E-state index contributed by atoms with van der Waals surface area (Å²) in [4.78, 5) is 1.17. The molecule has 2 aromatic carbocycles.